The van der Waals surface area contributed by atoms with Crippen LogP contribution >= 0.6 is 0 Å². The van der Waals surface area contributed by atoms with Gasteiger partial charge in [0.1, 0.15) is 0 Å². The monoisotopic (exact) mass is 224 g/mol. The van der Waals surface area contributed by atoms with E-state index < -0.39 is 24.5 Å². The SMILES string of the molecule is O=C(O)C[C@H](O)C(=O)O.c1ccc2c(c1)C2. The van der Waals surface area contributed by atoms with Crippen LogP contribution in [0.2, 0.25) is 0 Å². The number of hydrogen-bond acceptors (Lipinski definition) is 3. The van der Waals surface area contributed by atoms with Crippen LogP contribution in [-0.2, 0) is 16.0 Å². The molecule has 0 aliphatic heterocycles. The van der Waals surface area contributed by atoms with Crippen molar-refractivity contribution in [3.8, 4) is 0 Å². The van der Waals surface area contributed by atoms with E-state index in [1.54, 1.807) is 0 Å². The van der Waals surface area contributed by atoms with Crippen molar-refractivity contribution in [2.75, 3.05) is 0 Å². The molecule has 0 radical (unpaired) electrons. The van der Waals surface area contributed by atoms with Gasteiger partial charge < -0.3 is 15.3 Å². The van der Waals surface area contributed by atoms with E-state index in [2.05, 4.69) is 24.3 Å². The van der Waals surface area contributed by atoms with Gasteiger partial charge in [-0.15, -0.1) is 0 Å². The highest BCUT2D eigenvalue weighted by atomic mass is 16.4. The van der Waals surface area contributed by atoms with E-state index >= 15 is 0 Å². The van der Waals surface area contributed by atoms with E-state index in [4.69, 9.17) is 15.3 Å². The Balaban J connectivity index is 0.000000163. The van der Waals surface area contributed by atoms with E-state index in [0.717, 1.165) is 0 Å². The Morgan fingerprint density at radius 1 is 1.19 bits per heavy atom. The van der Waals surface area contributed by atoms with Gasteiger partial charge >= 0.3 is 11.9 Å². The molecular formula is C11H12O5. The molecule has 5 nitrogen and oxygen atoms in total. The van der Waals surface area contributed by atoms with Gasteiger partial charge in [-0.3, -0.25) is 4.79 Å². The average Bonchev–Trinajstić information content (AvgIpc) is 2.95. The molecular weight excluding hydrogens is 212 g/mol. The summed E-state index contributed by atoms with van der Waals surface area (Å²) in [4.78, 5) is 19.4. The highest BCUT2D eigenvalue weighted by molar-refractivity contribution is 5.79. The molecule has 0 spiro atoms. The number of carbonyl (C=O) groups is 2. The predicted molar refractivity (Wildman–Crippen MR) is 55.1 cm³/mol. The zero-order valence-electron chi connectivity index (χ0n) is 8.46. The molecule has 0 saturated heterocycles. The quantitative estimate of drug-likeness (QED) is 0.705. The van der Waals surface area contributed by atoms with Gasteiger partial charge in [0.2, 0.25) is 0 Å². The minimum absolute atomic E-state index is 0.755. The molecule has 3 N–H and O–H groups in total. The molecule has 1 atom stereocenters. The first-order valence-electron chi connectivity index (χ1n) is 4.70. The van der Waals surface area contributed by atoms with Crippen LogP contribution in [0.3, 0.4) is 0 Å². The van der Waals surface area contributed by atoms with Crippen LogP contribution < -0.4 is 0 Å². The van der Waals surface area contributed by atoms with E-state index in [-0.39, 0.29) is 0 Å². The second kappa shape index (κ2) is 5.27. The summed E-state index contributed by atoms with van der Waals surface area (Å²) in [7, 11) is 0. The molecule has 1 aromatic rings. The Morgan fingerprint density at radius 3 is 1.94 bits per heavy atom. The van der Waals surface area contributed by atoms with Crippen molar-refractivity contribution in [3.63, 3.8) is 0 Å². The first-order valence-corrected chi connectivity index (χ1v) is 4.70. The zero-order chi connectivity index (χ0) is 12.1. The van der Waals surface area contributed by atoms with Gasteiger partial charge in [-0.25, -0.2) is 4.79 Å². The highest BCUT2D eigenvalue weighted by Gasteiger charge is 2.16. The molecule has 2 rings (SSSR count). The van der Waals surface area contributed by atoms with E-state index in [0.29, 0.717) is 0 Å². The second-order valence-electron chi connectivity index (χ2n) is 3.40. The van der Waals surface area contributed by atoms with Crippen molar-refractivity contribution in [1.82, 2.24) is 0 Å². The average molecular weight is 224 g/mol. The molecule has 0 bridgehead atoms. The van der Waals surface area contributed by atoms with E-state index in [1.807, 2.05) is 0 Å². The van der Waals surface area contributed by atoms with Gasteiger partial charge in [0.05, 0.1) is 6.42 Å². The standard InChI is InChI=1S/C7H6.C4H6O5/c1-2-4-7-5-6(7)3-1;5-2(4(8)9)1-3(6)7/h1-4H,5H2;2,5H,1H2,(H,6,7)(H,8,9)/t;2-/m.0/s1. The van der Waals surface area contributed by atoms with Crippen LogP contribution in [-0.4, -0.2) is 33.4 Å². The molecule has 1 aliphatic carbocycles. The van der Waals surface area contributed by atoms with Crippen LogP contribution in [0.1, 0.15) is 17.5 Å². The number of carboxylic acids is 2. The lowest BCUT2D eigenvalue weighted by Gasteiger charge is -1.97. The van der Waals surface area contributed by atoms with E-state index in [1.165, 1.54) is 17.5 Å². The summed E-state index contributed by atoms with van der Waals surface area (Å²) in [5, 5.41) is 24.1. The number of fused-ring (bicyclic) bond motifs is 1. The van der Waals surface area contributed by atoms with Crippen LogP contribution in [0.25, 0.3) is 0 Å². The van der Waals surface area contributed by atoms with Gasteiger partial charge in [0, 0.05) is 0 Å². The maximum Gasteiger partial charge on any atom is 0.333 e. The van der Waals surface area contributed by atoms with Gasteiger partial charge in [0.15, 0.2) is 6.10 Å². The van der Waals surface area contributed by atoms with Crippen molar-refractivity contribution in [3.05, 3.63) is 35.4 Å². The molecule has 1 aromatic carbocycles. The molecule has 0 amide bonds. The summed E-state index contributed by atoms with van der Waals surface area (Å²) < 4.78 is 0. The number of aliphatic hydroxyl groups excluding tert-OH is 1. The van der Waals surface area contributed by atoms with Crippen LogP contribution in [0, 0.1) is 0 Å². The molecule has 0 unspecified atom stereocenters. The molecule has 0 fully saturated rings. The molecule has 5 heteroatoms. The van der Waals surface area contributed by atoms with Crippen LogP contribution in [0.4, 0.5) is 0 Å². The van der Waals surface area contributed by atoms with Gasteiger partial charge in [0.25, 0.3) is 0 Å². The number of aliphatic hydroxyl groups is 1. The first kappa shape index (κ1) is 12.2. The second-order valence-corrected chi connectivity index (χ2v) is 3.40. The largest absolute Gasteiger partial charge is 0.481 e. The van der Waals surface area contributed by atoms with Crippen molar-refractivity contribution in [2.45, 2.75) is 18.9 Å². The Hall–Kier alpha value is -1.88. The van der Waals surface area contributed by atoms with Gasteiger partial charge in [-0.1, -0.05) is 24.3 Å². The number of carboxylic acid groups (broad SMARTS) is 2. The summed E-state index contributed by atoms with van der Waals surface area (Å²) in [6.07, 6.45) is -1.30. The van der Waals surface area contributed by atoms with Crippen molar-refractivity contribution < 1.29 is 24.9 Å². The molecule has 16 heavy (non-hydrogen) atoms. The van der Waals surface area contributed by atoms with Gasteiger partial charge in [-0.05, 0) is 17.5 Å². The van der Waals surface area contributed by atoms with Crippen LogP contribution in [0.15, 0.2) is 24.3 Å². The lowest BCUT2D eigenvalue weighted by molar-refractivity contribution is -0.152. The Labute approximate surface area is 92.0 Å². The summed E-state index contributed by atoms with van der Waals surface area (Å²) >= 11 is 0. The number of benzene rings is 1. The summed E-state index contributed by atoms with van der Waals surface area (Å²) in [6.45, 7) is 0. The topological polar surface area (TPSA) is 94.8 Å². The maximum atomic E-state index is 9.72. The highest BCUT2D eigenvalue weighted by Crippen LogP contribution is 2.25. The van der Waals surface area contributed by atoms with Crippen LogP contribution in [0.5, 0.6) is 0 Å². The summed E-state index contributed by atoms with van der Waals surface area (Å²) in [5.41, 5.74) is 3.06. The lowest BCUT2D eigenvalue weighted by Crippen LogP contribution is -2.22. The molecule has 1 aliphatic rings. The normalized spacial score (nSPS) is 12.8. The molecule has 0 saturated carbocycles. The van der Waals surface area contributed by atoms with E-state index in [9.17, 15) is 9.59 Å². The lowest BCUT2D eigenvalue weighted by atomic mass is 10.3. The summed E-state index contributed by atoms with van der Waals surface area (Å²) in [6, 6.07) is 8.53. The van der Waals surface area contributed by atoms with Crippen molar-refractivity contribution in [1.29, 1.82) is 0 Å². The third-order valence-electron chi connectivity index (χ3n) is 2.03. The fourth-order valence-electron chi connectivity index (χ4n) is 1.09. The van der Waals surface area contributed by atoms with Crippen molar-refractivity contribution >= 4 is 11.9 Å². The number of rotatable bonds is 3. The third kappa shape index (κ3) is 4.10. The number of hydrogen-bond donors (Lipinski definition) is 3. The smallest absolute Gasteiger partial charge is 0.333 e. The number of aliphatic carboxylic acids is 2. The molecule has 86 valence electrons. The predicted octanol–water partition coefficient (Wildman–Crippen LogP) is 0.497. The zero-order valence-corrected chi connectivity index (χ0v) is 8.46. The summed E-state index contributed by atoms with van der Waals surface area (Å²) in [5.74, 6) is -2.85. The fourth-order valence-corrected chi connectivity index (χ4v) is 1.09. The maximum absolute atomic E-state index is 9.72. The molecule has 0 heterocycles. The van der Waals surface area contributed by atoms with Crippen molar-refractivity contribution in [2.24, 2.45) is 0 Å². The fraction of sp³-hybridized carbons (Fsp3) is 0.273. The Morgan fingerprint density at radius 2 is 1.69 bits per heavy atom. The minimum atomic E-state index is -1.79. The Bertz CT molecular complexity index is 378. The van der Waals surface area contributed by atoms with Gasteiger partial charge in [-0.2, -0.15) is 0 Å². The Kier molecular flexibility index (Phi) is 4.02. The minimum Gasteiger partial charge on any atom is -0.481 e. The first-order chi connectivity index (χ1) is 7.50. The molecule has 0 aromatic heterocycles. The third-order valence-corrected chi connectivity index (χ3v) is 2.03.